The minimum absolute atomic E-state index is 0.0355. The lowest BCUT2D eigenvalue weighted by Crippen LogP contribution is -2.65. The zero-order valence-corrected chi connectivity index (χ0v) is 22.2. The lowest BCUT2D eigenvalue weighted by molar-refractivity contribution is -0.219. The van der Waals surface area contributed by atoms with Crippen molar-refractivity contribution < 1.29 is 28.2 Å². The van der Waals surface area contributed by atoms with E-state index >= 15 is 0 Å². The first-order valence-electron chi connectivity index (χ1n) is 13.0. The van der Waals surface area contributed by atoms with Crippen LogP contribution in [0.1, 0.15) is 65.9 Å². The highest BCUT2D eigenvalue weighted by molar-refractivity contribution is 5.67. The first-order chi connectivity index (χ1) is 17.5. The highest BCUT2D eigenvalue weighted by Gasteiger charge is 2.65. The van der Waals surface area contributed by atoms with Gasteiger partial charge in [0, 0.05) is 49.2 Å². The zero-order valence-electron chi connectivity index (χ0n) is 22.2. The summed E-state index contributed by atoms with van der Waals surface area (Å²) in [6, 6.07) is 5.46. The molecule has 0 aromatic carbocycles. The van der Waals surface area contributed by atoms with Gasteiger partial charge in [-0.25, -0.2) is 4.79 Å². The molecule has 1 aliphatic heterocycles. The van der Waals surface area contributed by atoms with Crippen molar-refractivity contribution in [3.05, 3.63) is 46.6 Å². The maximum absolute atomic E-state index is 13.2. The monoisotopic (exact) mass is 509 g/mol. The number of hydrogen-bond donors (Lipinski definition) is 0. The third-order valence-corrected chi connectivity index (χ3v) is 9.34. The highest BCUT2D eigenvalue weighted by Crippen LogP contribution is 2.65. The molecule has 8 nitrogen and oxygen atoms in total. The minimum atomic E-state index is -0.555. The number of nitrogens with zero attached hydrogens (tertiary/aromatic N) is 1. The number of ether oxygens (including phenoxy) is 3. The minimum Gasteiger partial charge on any atom is -0.487 e. The van der Waals surface area contributed by atoms with E-state index in [0.717, 1.165) is 24.8 Å². The topological polar surface area (TPSA) is 105 Å². The van der Waals surface area contributed by atoms with Gasteiger partial charge in [0.1, 0.15) is 29.8 Å². The van der Waals surface area contributed by atoms with Gasteiger partial charge >= 0.3 is 17.6 Å². The van der Waals surface area contributed by atoms with Gasteiger partial charge in [0.15, 0.2) is 0 Å². The first kappa shape index (κ1) is 25.5. The Bertz CT molecular complexity index is 1270. The van der Waals surface area contributed by atoms with Gasteiger partial charge in [-0.15, -0.1) is 0 Å². The molecule has 6 unspecified atom stereocenters. The maximum atomic E-state index is 13.2. The van der Waals surface area contributed by atoms with E-state index < -0.39 is 11.0 Å². The van der Waals surface area contributed by atoms with Crippen LogP contribution in [0.2, 0.25) is 0 Å². The molecule has 0 saturated heterocycles. The van der Waals surface area contributed by atoms with Gasteiger partial charge in [-0.3, -0.25) is 14.6 Å². The molecule has 5 rings (SSSR count). The molecule has 0 amide bonds. The Balaban J connectivity index is 1.53. The van der Waals surface area contributed by atoms with Crippen molar-refractivity contribution in [3.8, 4) is 17.1 Å². The van der Waals surface area contributed by atoms with Gasteiger partial charge in [-0.2, -0.15) is 0 Å². The van der Waals surface area contributed by atoms with Crippen LogP contribution in [-0.4, -0.2) is 35.2 Å². The largest absolute Gasteiger partial charge is 0.487 e. The third kappa shape index (κ3) is 4.24. The first-order valence-corrected chi connectivity index (χ1v) is 13.0. The summed E-state index contributed by atoms with van der Waals surface area (Å²) in [6.07, 6.45) is 6.57. The van der Waals surface area contributed by atoms with Crippen molar-refractivity contribution in [2.24, 2.45) is 22.7 Å². The van der Waals surface area contributed by atoms with Crippen molar-refractivity contribution in [2.45, 2.75) is 78.4 Å². The molecule has 3 aliphatic rings. The zero-order chi connectivity index (χ0) is 26.6. The van der Waals surface area contributed by atoms with E-state index in [1.54, 1.807) is 18.5 Å². The molecule has 37 heavy (non-hydrogen) atoms. The van der Waals surface area contributed by atoms with Gasteiger partial charge in [-0.05, 0) is 62.5 Å². The Kier molecular flexibility index (Phi) is 6.20. The number of esters is 2. The fourth-order valence-electron chi connectivity index (χ4n) is 7.60. The second kappa shape index (κ2) is 8.99. The highest BCUT2D eigenvalue weighted by atomic mass is 16.6. The second-order valence-corrected chi connectivity index (χ2v) is 11.7. The van der Waals surface area contributed by atoms with Gasteiger partial charge in [-0.1, -0.05) is 13.8 Å². The quantitative estimate of drug-likeness (QED) is 0.545. The van der Waals surface area contributed by atoms with E-state index in [0.29, 0.717) is 29.9 Å². The number of carbonyl (C=O) groups excluding carboxylic acids is 2. The summed E-state index contributed by atoms with van der Waals surface area (Å²) >= 11 is 0. The van der Waals surface area contributed by atoms with Crippen LogP contribution in [0.25, 0.3) is 11.3 Å². The predicted octanol–water partition coefficient (Wildman–Crippen LogP) is 4.72. The molecule has 2 aliphatic carbocycles. The lowest BCUT2D eigenvalue weighted by atomic mass is 9.43. The number of hydrogen-bond acceptors (Lipinski definition) is 8. The molecular formula is C29H35NO7. The van der Waals surface area contributed by atoms with E-state index in [-0.39, 0.29) is 47.5 Å². The Morgan fingerprint density at radius 2 is 1.89 bits per heavy atom. The molecule has 0 N–H and O–H groups in total. The standard InChI is InChI=1S/C29H35NO7/c1-17(31)34-16-28(4)23-8-11-29(5)24(27(23,3)10-9-25(28)35-18(2)32)13-20-22(37-29)14-21(36-26(20)33)19-7-6-12-30-15-19/h6-7,12,14-15,23-25H,8-11,13,16H2,1-5H3. The molecule has 0 bridgehead atoms. The number of pyridine rings is 1. The van der Waals surface area contributed by atoms with E-state index in [1.165, 1.54) is 13.8 Å². The van der Waals surface area contributed by atoms with Crippen LogP contribution in [0.3, 0.4) is 0 Å². The number of fused-ring (bicyclic) bond motifs is 4. The van der Waals surface area contributed by atoms with E-state index in [2.05, 4.69) is 25.8 Å². The van der Waals surface area contributed by atoms with Crippen LogP contribution in [0, 0.1) is 22.7 Å². The fourth-order valence-corrected chi connectivity index (χ4v) is 7.60. The predicted molar refractivity (Wildman–Crippen MR) is 135 cm³/mol. The summed E-state index contributed by atoms with van der Waals surface area (Å²) < 4.78 is 23.8. The molecule has 6 atom stereocenters. The number of aromatic nitrogens is 1. The van der Waals surface area contributed by atoms with Crippen LogP contribution in [0.15, 0.2) is 39.8 Å². The molecule has 8 heteroatoms. The van der Waals surface area contributed by atoms with Gasteiger partial charge in [0.2, 0.25) is 0 Å². The molecular weight excluding hydrogens is 474 g/mol. The van der Waals surface area contributed by atoms with Crippen LogP contribution in [-0.2, 0) is 25.5 Å². The SMILES string of the molecule is CC(=O)OCC1(C)C(OC(C)=O)CCC2(C)C3Cc4c(cc(-c5cccnc5)oc4=O)OC3(C)CCC12. The van der Waals surface area contributed by atoms with Crippen molar-refractivity contribution in [1.29, 1.82) is 0 Å². The molecule has 0 spiro atoms. The molecule has 2 fully saturated rings. The Morgan fingerprint density at radius 3 is 2.57 bits per heavy atom. The molecule has 2 aromatic heterocycles. The van der Waals surface area contributed by atoms with E-state index in [9.17, 15) is 14.4 Å². The average Bonchev–Trinajstić information content (AvgIpc) is 2.84. The number of carbonyl (C=O) groups is 2. The van der Waals surface area contributed by atoms with Crippen molar-refractivity contribution in [3.63, 3.8) is 0 Å². The van der Waals surface area contributed by atoms with Gasteiger partial charge in [0.05, 0.1) is 5.56 Å². The Hall–Kier alpha value is -3.16. The third-order valence-electron chi connectivity index (χ3n) is 9.34. The van der Waals surface area contributed by atoms with Crippen LogP contribution in [0.4, 0.5) is 0 Å². The van der Waals surface area contributed by atoms with Crippen LogP contribution in [0.5, 0.6) is 5.75 Å². The average molecular weight is 510 g/mol. The summed E-state index contributed by atoms with van der Waals surface area (Å²) in [4.78, 5) is 41.1. The van der Waals surface area contributed by atoms with Crippen molar-refractivity contribution in [2.75, 3.05) is 6.61 Å². The normalized spacial score (nSPS) is 34.2. The smallest absolute Gasteiger partial charge is 0.343 e. The summed E-state index contributed by atoms with van der Waals surface area (Å²) in [6.45, 7) is 9.47. The Morgan fingerprint density at radius 1 is 1.11 bits per heavy atom. The molecule has 0 radical (unpaired) electrons. The Labute approximate surface area is 216 Å². The number of rotatable bonds is 4. The summed E-state index contributed by atoms with van der Waals surface area (Å²) in [5.74, 6) is 0.463. The maximum Gasteiger partial charge on any atom is 0.343 e. The molecule has 198 valence electrons. The fraction of sp³-hybridized carbons (Fsp3) is 0.586. The summed E-state index contributed by atoms with van der Waals surface area (Å²) in [5, 5.41) is 0. The molecule has 2 aromatic rings. The van der Waals surface area contributed by atoms with E-state index in [4.69, 9.17) is 18.6 Å². The van der Waals surface area contributed by atoms with E-state index in [1.807, 2.05) is 12.1 Å². The summed E-state index contributed by atoms with van der Waals surface area (Å²) in [7, 11) is 0. The lowest BCUT2D eigenvalue weighted by Gasteiger charge is -2.64. The van der Waals surface area contributed by atoms with Gasteiger partial charge < -0.3 is 18.6 Å². The molecule has 2 saturated carbocycles. The van der Waals surface area contributed by atoms with Gasteiger partial charge in [0.25, 0.3) is 0 Å². The van der Waals surface area contributed by atoms with Crippen LogP contribution < -0.4 is 10.4 Å². The van der Waals surface area contributed by atoms with Crippen LogP contribution >= 0.6 is 0 Å². The summed E-state index contributed by atoms with van der Waals surface area (Å²) in [5.41, 5.74) is -0.375. The second-order valence-electron chi connectivity index (χ2n) is 11.7. The van der Waals surface area contributed by atoms with Crippen molar-refractivity contribution >= 4 is 11.9 Å². The van der Waals surface area contributed by atoms with Crippen molar-refractivity contribution in [1.82, 2.24) is 4.98 Å². The molecule has 3 heterocycles.